The van der Waals surface area contributed by atoms with Crippen molar-refractivity contribution in [3.63, 3.8) is 0 Å². The molecule has 3 aromatic heterocycles. The van der Waals surface area contributed by atoms with E-state index < -0.39 is 12.3 Å². The number of piperidine rings is 1. The van der Waals surface area contributed by atoms with Crippen molar-refractivity contribution in [3.05, 3.63) is 30.0 Å². The molecule has 9 nitrogen and oxygen atoms in total. The van der Waals surface area contributed by atoms with E-state index in [1.807, 2.05) is 19.9 Å². The first-order valence-corrected chi connectivity index (χ1v) is 12.1. The number of halogens is 3. The second kappa shape index (κ2) is 9.29. The first kappa shape index (κ1) is 24.4. The van der Waals surface area contributed by atoms with Gasteiger partial charge in [0.05, 0.1) is 19.0 Å². The zero-order valence-corrected chi connectivity index (χ0v) is 20.7. The molecule has 4 atom stereocenters. The van der Waals surface area contributed by atoms with Crippen LogP contribution in [0.2, 0.25) is 0 Å². The number of nitrogens with zero attached hydrogens (tertiary/aromatic N) is 6. The minimum Gasteiger partial charge on any atom is -0.480 e. The van der Waals surface area contributed by atoms with Crippen molar-refractivity contribution in [1.29, 1.82) is 0 Å². The summed E-state index contributed by atoms with van der Waals surface area (Å²) in [5, 5.41) is 16.0. The monoisotopic (exact) mass is 505 g/mol. The highest BCUT2D eigenvalue weighted by Crippen LogP contribution is 2.40. The normalized spacial score (nSPS) is 22.8. The average Bonchev–Trinajstić information content (AvgIpc) is 3.35. The van der Waals surface area contributed by atoms with Crippen LogP contribution in [0.4, 0.5) is 24.8 Å². The van der Waals surface area contributed by atoms with E-state index in [2.05, 4.69) is 30.5 Å². The maximum absolute atomic E-state index is 13.1. The van der Waals surface area contributed by atoms with Gasteiger partial charge in [-0.3, -0.25) is 0 Å². The average molecular weight is 506 g/mol. The Morgan fingerprint density at radius 3 is 2.47 bits per heavy atom. The highest BCUT2D eigenvalue weighted by atomic mass is 19.4. The fourth-order valence-electron chi connectivity index (χ4n) is 5.24. The zero-order valence-electron chi connectivity index (χ0n) is 20.7. The standard InChI is InChI=1S/C24H30F3N7O2/c1-13(2)18-7-8-20(36-14(3)24(25,26)27)34-22(18)30-23(32-34)29-21-15-5-6-16(21)12-33(11-15)17-9-19(35-4)31-28-10-17/h7-10,13-16,21H,5-6,11-12H2,1-4H3,(H,29,32)/t14-,15-,16+,21?/m0/s1. The number of aromatic nitrogens is 5. The van der Waals surface area contributed by atoms with E-state index in [-0.39, 0.29) is 17.8 Å². The Balaban J connectivity index is 1.39. The lowest BCUT2D eigenvalue weighted by molar-refractivity contribution is -0.190. The van der Waals surface area contributed by atoms with Gasteiger partial charge in [0.1, 0.15) is 0 Å². The molecule has 0 spiro atoms. The second-order valence-corrected chi connectivity index (χ2v) is 9.88. The van der Waals surface area contributed by atoms with Gasteiger partial charge < -0.3 is 19.7 Å². The van der Waals surface area contributed by atoms with Gasteiger partial charge in [0.15, 0.2) is 11.8 Å². The van der Waals surface area contributed by atoms with Crippen molar-refractivity contribution in [2.45, 2.75) is 57.9 Å². The lowest BCUT2D eigenvalue weighted by Crippen LogP contribution is -2.48. The van der Waals surface area contributed by atoms with Crippen molar-refractivity contribution in [2.75, 3.05) is 30.4 Å². The van der Waals surface area contributed by atoms with Crippen molar-refractivity contribution in [1.82, 2.24) is 24.8 Å². The maximum Gasteiger partial charge on any atom is 0.425 e. The van der Waals surface area contributed by atoms with Gasteiger partial charge in [-0.2, -0.15) is 27.8 Å². The molecule has 2 fully saturated rings. The molecule has 194 valence electrons. The van der Waals surface area contributed by atoms with Gasteiger partial charge in [0, 0.05) is 31.3 Å². The summed E-state index contributed by atoms with van der Waals surface area (Å²) in [5.74, 6) is 1.73. The van der Waals surface area contributed by atoms with Gasteiger partial charge in [0.25, 0.3) is 0 Å². The third-order valence-electron chi connectivity index (χ3n) is 7.18. The number of pyridine rings is 1. The lowest BCUT2D eigenvalue weighted by Gasteiger charge is -2.39. The minimum absolute atomic E-state index is 0.0108. The molecule has 5 rings (SSSR count). The number of fused-ring (bicyclic) bond motifs is 3. The van der Waals surface area contributed by atoms with Crippen LogP contribution in [0.1, 0.15) is 45.1 Å². The number of methoxy groups -OCH3 is 1. The Kier molecular flexibility index (Phi) is 6.29. The van der Waals surface area contributed by atoms with Crippen molar-refractivity contribution in [2.24, 2.45) is 11.8 Å². The van der Waals surface area contributed by atoms with E-state index in [1.54, 1.807) is 19.4 Å². The Hall–Kier alpha value is -3.31. The molecule has 1 N–H and O–H groups in total. The molecule has 2 bridgehead atoms. The predicted molar refractivity (Wildman–Crippen MR) is 128 cm³/mol. The maximum atomic E-state index is 13.1. The highest BCUT2D eigenvalue weighted by molar-refractivity contribution is 5.55. The molecule has 1 saturated heterocycles. The Morgan fingerprint density at radius 1 is 1.11 bits per heavy atom. The topological polar surface area (TPSA) is 89.7 Å². The third-order valence-corrected chi connectivity index (χ3v) is 7.18. The Morgan fingerprint density at radius 2 is 1.83 bits per heavy atom. The van der Waals surface area contributed by atoms with Gasteiger partial charge in [-0.15, -0.1) is 10.2 Å². The number of rotatable bonds is 7. The van der Waals surface area contributed by atoms with Crippen LogP contribution in [0.15, 0.2) is 24.4 Å². The number of ether oxygens (including phenoxy) is 2. The molecule has 1 saturated carbocycles. The second-order valence-electron chi connectivity index (χ2n) is 9.88. The van der Waals surface area contributed by atoms with E-state index in [4.69, 9.17) is 9.47 Å². The summed E-state index contributed by atoms with van der Waals surface area (Å²) in [6.45, 7) is 6.68. The third kappa shape index (κ3) is 4.60. The molecule has 0 aromatic carbocycles. The van der Waals surface area contributed by atoms with Crippen LogP contribution >= 0.6 is 0 Å². The molecule has 12 heteroatoms. The van der Waals surface area contributed by atoms with Crippen LogP contribution in [0.5, 0.6) is 11.8 Å². The SMILES string of the molecule is COc1cc(N2C[C@H]3CC[C@@H](C2)C3Nc2nc3c(C(C)C)ccc(O[C@@H](C)C(F)(F)F)n3n2)cnn1. The van der Waals surface area contributed by atoms with Gasteiger partial charge in [-0.05, 0) is 49.1 Å². The molecule has 1 aliphatic carbocycles. The molecule has 0 amide bonds. The summed E-state index contributed by atoms with van der Waals surface area (Å²) in [5.41, 5.74) is 2.36. The van der Waals surface area contributed by atoms with Crippen molar-refractivity contribution < 1.29 is 22.6 Å². The number of alkyl halides is 3. The smallest absolute Gasteiger partial charge is 0.425 e. The fourth-order valence-corrected chi connectivity index (χ4v) is 5.24. The molecule has 36 heavy (non-hydrogen) atoms. The van der Waals surface area contributed by atoms with Gasteiger partial charge in [0.2, 0.25) is 17.7 Å². The summed E-state index contributed by atoms with van der Waals surface area (Å²) >= 11 is 0. The Labute approximate surface area is 207 Å². The summed E-state index contributed by atoms with van der Waals surface area (Å²) in [7, 11) is 1.57. The van der Waals surface area contributed by atoms with Crippen LogP contribution in [0.25, 0.3) is 5.65 Å². The molecule has 1 aliphatic heterocycles. The number of anilines is 2. The predicted octanol–water partition coefficient (Wildman–Crippen LogP) is 4.31. The van der Waals surface area contributed by atoms with E-state index >= 15 is 0 Å². The molecular weight excluding hydrogens is 475 g/mol. The number of hydrogen-bond donors (Lipinski definition) is 1. The van der Waals surface area contributed by atoms with Crippen LogP contribution < -0.4 is 19.7 Å². The van der Waals surface area contributed by atoms with Crippen molar-refractivity contribution >= 4 is 17.3 Å². The van der Waals surface area contributed by atoms with Gasteiger partial charge >= 0.3 is 6.18 Å². The molecule has 3 aromatic rings. The summed E-state index contributed by atoms with van der Waals surface area (Å²) in [6, 6.07) is 5.34. The molecule has 4 heterocycles. The lowest BCUT2D eigenvalue weighted by atomic mass is 9.92. The fraction of sp³-hybridized carbons (Fsp3) is 0.583. The van der Waals surface area contributed by atoms with E-state index in [0.29, 0.717) is 29.3 Å². The zero-order chi connectivity index (χ0) is 25.6. The number of hydrogen-bond acceptors (Lipinski definition) is 8. The molecule has 0 radical (unpaired) electrons. The van der Waals surface area contributed by atoms with Gasteiger partial charge in [-0.1, -0.05) is 13.8 Å². The first-order chi connectivity index (χ1) is 17.1. The van der Waals surface area contributed by atoms with E-state index in [9.17, 15) is 13.2 Å². The molecular formula is C24H30F3N7O2. The van der Waals surface area contributed by atoms with Crippen LogP contribution in [0.3, 0.4) is 0 Å². The van der Waals surface area contributed by atoms with E-state index in [1.165, 1.54) is 10.6 Å². The summed E-state index contributed by atoms with van der Waals surface area (Å²) < 4.78 is 51.3. The molecule has 1 unspecified atom stereocenters. The Bertz CT molecular complexity index is 1220. The minimum atomic E-state index is -4.48. The van der Waals surface area contributed by atoms with Gasteiger partial charge in [-0.25, -0.2) is 0 Å². The van der Waals surface area contributed by atoms with E-state index in [0.717, 1.165) is 44.1 Å². The quantitative estimate of drug-likeness (QED) is 0.508. The van der Waals surface area contributed by atoms with Crippen molar-refractivity contribution in [3.8, 4) is 11.8 Å². The summed E-state index contributed by atoms with van der Waals surface area (Å²) in [6.07, 6.45) is -2.57. The van der Waals surface area contributed by atoms with Crippen LogP contribution in [-0.4, -0.2) is 63.3 Å². The van der Waals surface area contributed by atoms with Crippen LogP contribution in [0, 0.1) is 11.8 Å². The first-order valence-electron chi connectivity index (χ1n) is 12.1. The number of nitrogens with one attached hydrogen (secondary N) is 1. The summed E-state index contributed by atoms with van der Waals surface area (Å²) in [4.78, 5) is 6.99. The largest absolute Gasteiger partial charge is 0.480 e. The van der Waals surface area contributed by atoms with Crippen LogP contribution in [-0.2, 0) is 0 Å². The highest BCUT2D eigenvalue weighted by Gasteiger charge is 2.43. The molecule has 2 aliphatic rings.